The van der Waals surface area contributed by atoms with E-state index in [1.54, 1.807) is 6.08 Å². The van der Waals surface area contributed by atoms with Crippen molar-refractivity contribution in [2.24, 2.45) is 0 Å². The summed E-state index contributed by atoms with van der Waals surface area (Å²) < 4.78 is 23.9. The highest BCUT2D eigenvalue weighted by Gasteiger charge is 2.28. The molecule has 3 atom stereocenters. The Morgan fingerprint density at radius 3 is 0.968 bits per heavy atom. The number of carbonyl (C=O) groups is 1. The van der Waals surface area contributed by atoms with Crippen LogP contribution in [0.1, 0.15) is 406 Å². The fraction of sp³-hybridized carbons (Fsp3) is 0.826. The van der Waals surface area contributed by atoms with Crippen LogP contribution >= 0.6 is 7.82 Å². The summed E-state index contributed by atoms with van der Waals surface area (Å²) in [6.45, 7) is 4.73. The monoisotopic (exact) mass is 1350 g/mol. The fourth-order valence-electron chi connectivity index (χ4n) is 12.5. The summed E-state index contributed by atoms with van der Waals surface area (Å²) in [5.41, 5.74) is 0. The molecule has 0 fully saturated rings. The molecule has 1 amide bonds. The molecule has 3 unspecified atom stereocenters. The van der Waals surface area contributed by atoms with Crippen molar-refractivity contribution in [1.82, 2.24) is 5.32 Å². The van der Waals surface area contributed by atoms with Gasteiger partial charge in [0.15, 0.2) is 0 Å². The lowest BCUT2D eigenvalue weighted by Crippen LogP contribution is -2.45. The van der Waals surface area contributed by atoms with Crippen LogP contribution < -0.4 is 5.32 Å². The van der Waals surface area contributed by atoms with Gasteiger partial charge in [-0.1, -0.05) is 401 Å². The average molecular weight is 1350 g/mol. The second-order valence-corrected chi connectivity index (χ2v) is 30.9. The molecular weight excluding hydrogens is 1190 g/mol. The van der Waals surface area contributed by atoms with Gasteiger partial charge in [0, 0.05) is 6.42 Å². The van der Waals surface area contributed by atoms with E-state index < -0.39 is 20.0 Å². The summed E-state index contributed by atoms with van der Waals surface area (Å²) in [6.07, 6.45) is 110. The molecule has 556 valence electrons. The number of phosphoric acid groups is 1. The zero-order valence-corrected chi connectivity index (χ0v) is 64.8. The molecule has 8 nitrogen and oxygen atoms in total. The normalized spacial score (nSPS) is 13.9. The predicted octanol–water partition coefficient (Wildman–Crippen LogP) is 27.4. The molecular formula is C86H162N2O6P+. The molecule has 3 N–H and O–H groups in total. The number of nitrogens with one attached hydrogen (secondary N) is 1. The van der Waals surface area contributed by atoms with Crippen molar-refractivity contribution in [2.45, 2.75) is 418 Å². The van der Waals surface area contributed by atoms with Crippen molar-refractivity contribution in [3.05, 3.63) is 85.1 Å². The first-order valence-corrected chi connectivity index (χ1v) is 43.0. The molecule has 0 aromatic carbocycles. The summed E-state index contributed by atoms with van der Waals surface area (Å²) in [5.74, 6) is -0.184. The van der Waals surface area contributed by atoms with E-state index in [0.29, 0.717) is 17.4 Å². The molecule has 0 bridgehead atoms. The van der Waals surface area contributed by atoms with Crippen molar-refractivity contribution in [1.29, 1.82) is 0 Å². The van der Waals surface area contributed by atoms with Gasteiger partial charge in [0.05, 0.1) is 39.9 Å². The average Bonchev–Trinajstić information content (AvgIpc) is 2.01. The lowest BCUT2D eigenvalue weighted by Gasteiger charge is -2.25. The molecule has 0 aliphatic heterocycles. The first kappa shape index (κ1) is 92.7. The molecule has 0 spiro atoms. The van der Waals surface area contributed by atoms with Gasteiger partial charge < -0.3 is 19.8 Å². The zero-order chi connectivity index (χ0) is 69.0. The molecule has 0 saturated heterocycles. The largest absolute Gasteiger partial charge is 0.472 e. The van der Waals surface area contributed by atoms with E-state index in [0.717, 1.165) is 70.6 Å². The zero-order valence-electron chi connectivity index (χ0n) is 63.9. The van der Waals surface area contributed by atoms with E-state index in [1.807, 2.05) is 27.2 Å². The molecule has 95 heavy (non-hydrogen) atoms. The van der Waals surface area contributed by atoms with Crippen LogP contribution in [0.2, 0.25) is 0 Å². The minimum absolute atomic E-state index is 0.0535. The lowest BCUT2D eigenvalue weighted by molar-refractivity contribution is -0.870. The molecule has 9 heteroatoms. The van der Waals surface area contributed by atoms with Crippen LogP contribution in [-0.4, -0.2) is 73.4 Å². The molecule has 0 aromatic heterocycles. The van der Waals surface area contributed by atoms with Gasteiger partial charge in [0.2, 0.25) is 5.91 Å². The Kier molecular flexibility index (Phi) is 74.0. The quantitative estimate of drug-likeness (QED) is 0.0243. The first-order chi connectivity index (χ1) is 46.5. The van der Waals surface area contributed by atoms with Crippen molar-refractivity contribution in [3.63, 3.8) is 0 Å². The smallest absolute Gasteiger partial charge is 0.387 e. The number of carbonyl (C=O) groups excluding carboxylic acids is 1. The number of nitrogens with zero attached hydrogens (tertiary/aromatic N) is 1. The Hall–Kier alpha value is -2.32. The van der Waals surface area contributed by atoms with E-state index in [9.17, 15) is 19.4 Å². The topological polar surface area (TPSA) is 105 Å². The number of quaternary nitrogens is 1. The van der Waals surface area contributed by atoms with Gasteiger partial charge in [-0.2, -0.15) is 0 Å². The summed E-state index contributed by atoms with van der Waals surface area (Å²) >= 11 is 0. The predicted molar refractivity (Wildman–Crippen MR) is 420 cm³/mol. The van der Waals surface area contributed by atoms with Gasteiger partial charge in [0.1, 0.15) is 13.2 Å². The number of phosphoric ester groups is 1. The lowest BCUT2D eigenvalue weighted by atomic mass is 10.0. The summed E-state index contributed by atoms with van der Waals surface area (Å²) in [6, 6.07) is -0.874. The highest BCUT2D eigenvalue weighted by atomic mass is 31.2. The molecule has 0 heterocycles. The third-order valence-corrected chi connectivity index (χ3v) is 19.8. The van der Waals surface area contributed by atoms with Gasteiger partial charge >= 0.3 is 7.82 Å². The third kappa shape index (κ3) is 78.9. The van der Waals surface area contributed by atoms with Crippen LogP contribution in [0.4, 0.5) is 0 Å². The molecule has 0 aliphatic rings. The molecule has 0 radical (unpaired) electrons. The van der Waals surface area contributed by atoms with E-state index in [2.05, 4.69) is 92.1 Å². The highest BCUT2D eigenvalue weighted by Crippen LogP contribution is 2.43. The van der Waals surface area contributed by atoms with E-state index >= 15 is 0 Å². The summed E-state index contributed by atoms with van der Waals surface area (Å²) in [4.78, 5) is 23.5. The van der Waals surface area contributed by atoms with Crippen LogP contribution in [0.3, 0.4) is 0 Å². The number of likely N-dealkylation sites (N-methyl/N-ethyl adjacent to an activating group) is 1. The second-order valence-electron chi connectivity index (χ2n) is 29.5. The maximum atomic E-state index is 13.1. The van der Waals surface area contributed by atoms with Crippen LogP contribution in [0, 0.1) is 0 Å². The van der Waals surface area contributed by atoms with Gasteiger partial charge in [0.25, 0.3) is 0 Å². The van der Waals surface area contributed by atoms with E-state index in [1.165, 1.54) is 315 Å². The number of hydrogen-bond donors (Lipinski definition) is 3. The Labute approximate surface area is 592 Å². The minimum Gasteiger partial charge on any atom is -0.387 e. The van der Waals surface area contributed by atoms with Crippen LogP contribution in [-0.2, 0) is 18.4 Å². The van der Waals surface area contributed by atoms with Gasteiger partial charge in [-0.3, -0.25) is 13.8 Å². The molecule has 0 aromatic rings. The number of aliphatic hydroxyl groups excluding tert-OH is 1. The Morgan fingerprint density at radius 1 is 0.368 bits per heavy atom. The first-order valence-electron chi connectivity index (χ1n) is 41.5. The Morgan fingerprint density at radius 2 is 0.642 bits per heavy atom. The van der Waals surface area contributed by atoms with Gasteiger partial charge in [-0.25, -0.2) is 4.57 Å². The van der Waals surface area contributed by atoms with E-state index in [4.69, 9.17) is 9.05 Å². The molecule has 0 rings (SSSR count). The second kappa shape index (κ2) is 75.9. The van der Waals surface area contributed by atoms with Crippen molar-refractivity contribution in [2.75, 3.05) is 40.9 Å². The summed E-state index contributed by atoms with van der Waals surface area (Å²) in [5, 5.41) is 14.0. The van der Waals surface area contributed by atoms with Crippen LogP contribution in [0.15, 0.2) is 85.1 Å². The van der Waals surface area contributed by atoms with Crippen LogP contribution in [0.5, 0.6) is 0 Å². The number of aliphatic hydroxyl groups is 1. The standard InChI is InChI=1S/C86H161N2O6P/c1-6-8-10-12-14-16-18-20-22-24-26-28-30-32-34-36-38-40-41-42-43-44-45-46-47-48-50-52-54-56-58-60-62-64-66-68-70-72-74-76-78-80-86(90)87-84(83-94-95(91,92)93-82-81-88(3,4)5)85(89)79-77-75-73-71-69-67-65-63-61-59-57-55-53-51-49-39-37-35-33-31-29-27-25-23-21-19-17-15-13-11-9-7-2/h8,10,14,16,20,22,26,28,61,63,69,71,77,79,84-85,89H,6-7,9,11-13,15,17-19,21,23-25,27,29-60,62,64-68,70,72-76,78,80-83H2,1-5H3,(H-,87,90,91,92)/p+1/b10-8-,16-14-,22-20-,28-26-,63-61+,71-69+,79-77+. The van der Waals surface area contributed by atoms with Crippen molar-refractivity contribution < 1.29 is 32.9 Å². The molecule has 0 saturated carbocycles. The van der Waals surface area contributed by atoms with Crippen molar-refractivity contribution >= 4 is 13.7 Å². The summed E-state index contributed by atoms with van der Waals surface area (Å²) in [7, 11) is 1.56. The molecule has 0 aliphatic carbocycles. The number of hydrogen-bond acceptors (Lipinski definition) is 5. The number of rotatable bonds is 77. The third-order valence-electron chi connectivity index (χ3n) is 18.8. The SMILES string of the molecule is CC/C=C\C/C=C\C/C=C\C/C=C\CCCCCCCCCCCCCCCCCCCCCCCCCCCCCCC(=O)NC(COP(=O)(O)OCC[N+](C)(C)C)C(O)/C=C/CC/C=C/CC/C=C/CCCCCCCCCCCCCCCCCCCCCCCC. The minimum atomic E-state index is -4.37. The Bertz CT molecular complexity index is 1830. The number of allylic oxidation sites excluding steroid dienone is 13. The van der Waals surface area contributed by atoms with Gasteiger partial charge in [-0.15, -0.1) is 0 Å². The Balaban J connectivity index is 3.96. The van der Waals surface area contributed by atoms with E-state index in [-0.39, 0.29) is 19.1 Å². The number of unbranched alkanes of at least 4 members (excludes halogenated alkanes) is 52. The van der Waals surface area contributed by atoms with Crippen LogP contribution in [0.25, 0.3) is 0 Å². The highest BCUT2D eigenvalue weighted by molar-refractivity contribution is 7.47. The van der Waals surface area contributed by atoms with Gasteiger partial charge in [-0.05, 0) is 83.5 Å². The number of amides is 1. The van der Waals surface area contributed by atoms with Crippen molar-refractivity contribution in [3.8, 4) is 0 Å². The maximum Gasteiger partial charge on any atom is 0.472 e. The maximum absolute atomic E-state index is 13.1. The fourth-order valence-corrected chi connectivity index (χ4v) is 13.2.